The van der Waals surface area contributed by atoms with Gasteiger partial charge in [-0.2, -0.15) is 0 Å². The monoisotopic (exact) mass is 433 g/mol. The number of anilines is 1. The molecular formula is C24H31N7O. The average molecular weight is 434 g/mol. The molecule has 0 aromatic carbocycles. The maximum atomic E-state index is 5.72. The smallest absolute Gasteiger partial charge is 0.211 e. The largest absolute Gasteiger partial charge is 0.378 e. The van der Waals surface area contributed by atoms with Crippen LogP contribution in [0.5, 0.6) is 0 Å². The second-order valence-electron chi connectivity index (χ2n) is 9.29. The zero-order valence-corrected chi connectivity index (χ0v) is 18.7. The first kappa shape index (κ1) is 20.1. The summed E-state index contributed by atoms with van der Waals surface area (Å²) in [5.74, 6) is 0.985. The Morgan fingerprint density at radius 2 is 2.12 bits per heavy atom. The van der Waals surface area contributed by atoms with E-state index in [2.05, 4.69) is 44.5 Å². The molecule has 0 amide bonds. The second-order valence-corrected chi connectivity index (χ2v) is 9.29. The van der Waals surface area contributed by atoms with Gasteiger partial charge in [0.05, 0.1) is 36.7 Å². The van der Waals surface area contributed by atoms with E-state index in [0.29, 0.717) is 12.1 Å². The fourth-order valence-electron chi connectivity index (χ4n) is 5.57. The van der Waals surface area contributed by atoms with Crippen molar-refractivity contribution in [2.24, 2.45) is 0 Å². The van der Waals surface area contributed by atoms with Gasteiger partial charge in [0.1, 0.15) is 5.65 Å². The van der Waals surface area contributed by atoms with Gasteiger partial charge in [0.15, 0.2) is 0 Å². The minimum atomic E-state index is 0.349. The highest BCUT2D eigenvalue weighted by atomic mass is 16.5. The van der Waals surface area contributed by atoms with Crippen molar-refractivity contribution in [2.45, 2.75) is 37.9 Å². The lowest BCUT2D eigenvalue weighted by atomic mass is 9.91. The van der Waals surface area contributed by atoms with Crippen molar-refractivity contribution >= 4 is 11.6 Å². The molecule has 2 fully saturated rings. The van der Waals surface area contributed by atoms with Gasteiger partial charge in [0.25, 0.3) is 0 Å². The fourth-order valence-corrected chi connectivity index (χ4v) is 5.57. The number of hydrogen-bond donors (Lipinski definition) is 0. The Morgan fingerprint density at radius 1 is 1.16 bits per heavy atom. The Hall–Kier alpha value is -2.55. The molecule has 2 saturated heterocycles. The Balaban J connectivity index is 1.23. The van der Waals surface area contributed by atoms with Crippen LogP contribution in [0.3, 0.4) is 0 Å². The number of aromatic nitrogens is 4. The molecule has 8 heteroatoms. The van der Waals surface area contributed by atoms with E-state index in [1.807, 2.05) is 18.5 Å². The first-order valence-electron chi connectivity index (χ1n) is 11.8. The summed E-state index contributed by atoms with van der Waals surface area (Å²) >= 11 is 0. The van der Waals surface area contributed by atoms with Gasteiger partial charge in [-0.1, -0.05) is 6.07 Å². The molecule has 0 bridgehead atoms. The van der Waals surface area contributed by atoms with E-state index in [9.17, 15) is 0 Å². The number of hydrogen-bond acceptors (Lipinski definition) is 7. The van der Waals surface area contributed by atoms with Crippen molar-refractivity contribution < 1.29 is 4.74 Å². The highest BCUT2D eigenvalue weighted by Gasteiger charge is 2.31. The summed E-state index contributed by atoms with van der Waals surface area (Å²) in [6.07, 6.45) is 9.47. The molecule has 8 nitrogen and oxygen atoms in total. The van der Waals surface area contributed by atoms with Gasteiger partial charge < -0.3 is 9.64 Å². The molecule has 2 atom stereocenters. The average Bonchev–Trinajstić information content (AvgIpc) is 3.25. The Kier molecular flexibility index (Phi) is 5.29. The van der Waals surface area contributed by atoms with E-state index in [0.717, 1.165) is 76.1 Å². The predicted octanol–water partition coefficient (Wildman–Crippen LogP) is 2.15. The van der Waals surface area contributed by atoms with Crippen LogP contribution in [-0.4, -0.2) is 81.6 Å². The third-order valence-electron chi connectivity index (χ3n) is 7.24. The minimum absolute atomic E-state index is 0.349. The molecule has 0 radical (unpaired) electrons. The van der Waals surface area contributed by atoms with Crippen LogP contribution < -0.4 is 4.90 Å². The van der Waals surface area contributed by atoms with E-state index in [1.165, 1.54) is 17.7 Å². The SMILES string of the molecule is CN(Cc1cn2c(N3CCN4CCOCC4C3)nccc2n1)C1CCCc2cccnc21. The van der Waals surface area contributed by atoms with Gasteiger partial charge in [-0.3, -0.25) is 19.2 Å². The normalized spacial score (nSPS) is 24.0. The first-order valence-corrected chi connectivity index (χ1v) is 11.8. The molecule has 1 aliphatic carbocycles. The standard InChI is InChI=1S/C24H31N7O/c1-28(21-6-2-4-18-5-3-8-25-23(18)21)14-19-15-31-22(27-19)7-9-26-24(31)30-11-10-29-12-13-32-17-20(29)16-30/h3,5,7-9,15,20-21H,2,4,6,10-14,16-17H2,1H3. The topological polar surface area (TPSA) is 62.0 Å². The molecule has 0 N–H and O–H groups in total. The van der Waals surface area contributed by atoms with E-state index in [4.69, 9.17) is 19.7 Å². The third kappa shape index (κ3) is 3.66. The third-order valence-corrected chi connectivity index (χ3v) is 7.24. The minimum Gasteiger partial charge on any atom is -0.378 e. The molecule has 2 unspecified atom stereocenters. The van der Waals surface area contributed by atoms with Crippen LogP contribution in [0, 0.1) is 0 Å². The van der Waals surface area contributed by atoms with Crippen LogP contribution in [0.1, 0.15) is 35.8 Å². The molecule has 6 rings (SSSR count). The number of rotatable bonds is 4. The molecule has 0 spiro atoms. The molecule has 3 aromatic rings. The maximum absolute atomic E-state index is 5.72. The van der Waals surface area contributed by atoms with Crippen LogP contribution in [0.4, 0.5) is 5.95 Å². The summed E-state index contributed by atoms with van der Waals surface area (Å²) in [6, 6.07) is 7.08. The molecule has 3 aromatic heterocycles. The summed E-state index contributed by atoms with van der Waals surface area (Å²) in [7, 11) is 2.19. The highest BCUT2D eigenvalue weighted by Crippen LogP contribution is 2.32. The fraction of sp³-hybridized carbons (Fsp3) is 0.542. The van der Waals surface area contributed by atoms with E-state index in [-0.39, 0.29) is 0 Å². The van der Waals surface area contributed by atoms with E-state index >= 15 is 0 Å². The Bertz CT molecular complexity index is 1100. The van der Waals surface area contributed by atoms with Crippen LogP contribution in [0.2, 0.25) is 0 Å². The van der Waals surface area contributed by atoms with Gasteiger partial charge in [-0.15, -0.1) is 0 Å². The van der Waals surface area contributed by atoms with Crippen molar-refractivity contribution in [3.63, 3.8) is 0 Å². The van der Waals surface area contributed by atoms with Crippen LogP contribution >= 0.6 is 0 Å². The quantitative estimate of drug-likeness (QED) is 0.625. The van der Waals surface area contributed by atoms with Gasteiger partial charge in [0, 0.05) is 51.3 Å². The van der Waals surface area contributed by atoms with Crippen molar-refractivity contribution in [1.29, 1.82) is 0 Å². The van der Waals surface area contributed by atoms with Gasteiger partial charge in [0.2, 0.25) is 5.95 Å². The zero-order chi connectivity index (χ0) is 21.5. The molecule has 168 valence electrons. The maximum Gasteiger partial charge on any atom is 0.211 e. The van der Waals surface area contributed by atoms with Gasteiger partial charge >= 0.3 is 0 Å². The van der Waals surface area contributed by atoms with Crippen molar-refractivity contribution in [3.8, 4) is 0 Å². The van der Waals surface area contributed by atoms with Crippen LogP contribution in [-0.2, 0) is 17.7 Å². The van der Waals surface area contributed by atoms with Crippen molar-refractivity contribution in [3.05, 3.63) is 53.7 Å². The lowest BCUT2D eigenvalue weighted by Gasteiger charge is -2.44. The number of fused-ring (bicyclic) bond motifs is 3. The lowest BCUT2D eigenvalue weighted by molar-refractivity contribution is -0.0119. The zero-order valence-electron chi connectivity index (χ0n) is 18.7. The highest BCUT2D eigenvalue weighted by molar-refractivity contribution is 5.48. The van der Waals surface area contributed by atoms with Crippen LogP contribution in [0.15, 0.2) is 36.8 Å². The number of aryl methyl sites for hydroxylation is 1. The summed E-state index contributed by atoms with van der Waals surface area (Å²) in [5.41, 5.74) is 4.66. The first-order chi connectivity index (χ1) is 15.8. The van der Waals surface area contributed by atoms with Crippen LogP contribution in [0.25, 0.3) is 5.65 Å². The molecular weight excluding hydrogens is 402 g/mol. The van der Waals surface area contributed by atoms with Crippen molar-refractivity contribution in [1.82, 2.24) is 29.2 Å². The number of nitrogens with zero attached hydrogens (tertiary/aromatic N) is 7. The summed E-state index contributed by atoms with van der Waals surface area (Å²) < 4.78 is 7.88. The van der Waals surface area contributed by atoms with E-state index < -0.39 is 0 Å². The molecule has 0 saturated carbocycles. The number of imidazole rings is 1. The van der Waals surface area contributed by atoms with E-state index in [1.54, 1.807) is 0 Å². The second kappa shape index (κ2) is 8.42. The summed E-state index contributed by atoms with van der Waals surface area (Å²) in [5, 5.41) is 0. The van der Waals surface area contributed by atoms with Gasteiger partial charge in [-0.05, 0) is 44.0 Å². The van der Waals surface area contributed by atoms with Crippen molar-refractivity contribution in [2.75, 3.05) is 51.3 Å². The molecule has 32 heavy (non-hydrogen) atoms. The summed E-state index contributed by atoms with van der Waals surface area (Å²) in [4.78, 5) is 21.7. The van der Waals surface area contributed by atoms with Gasteiger partial charge in [-0.25, -0.2) is 9.97 Å². The predicted molar refractivity (Wildman–Crippen MR) is 123 cm³/mol. The molecule has 2 aliphatic heterocycles. The molecule has 3 aliphatic rings. The summed E-state index contributed by atoms with van der Waals surface area (Å²) in [6.45, 7) is 6.49. The number of morpholine rings is 1. The number of piperazine rings is 1. The number of ether oxygens (including phenoxy) is 1. The number of pyridine rings is 1. The Labute approximate surface area is 188 Å². The molecule has 5 heterocycles. The lowest BCUT2D eigenvalue weighted by Crippen LogP contribution is -2.58. The Morgan fingerprint density at radius 3 is 3.09 bits per heavy atom.